The first-order valence-corrected chi connectivity index (χ1v) is 7.25. The average molecular weight is 306 g/mol. The van der Waals surface area contributed by atoms with E-state index in [9.17, 15) is 9.18 Å². The molecule has 3 rings (SSSR count). The second-order valence-corrected chi connectivity index (χ2v) is 5.51. The summed E-state index contributed by atoms with van der Waals surface area (Å²) in [5.74, 6) is -0.316. The van der Waals surface area contributed by atoms with E-state index in [0.717, 1.165) is 17.7 Å². The Morgan fingerprint density at radius 2 is 2.05 bits per heavy atom. The molecule has 0 aliphatic carbocycles. The monoisotopic (exact) mass is 306 g/mol. The van der Waals surface area contributed by atoms with E-state index in [1.54, 1.807) is 12.1 Å². The molecule has 0 spiro atoms. The number of ether oxygens (including phenoxy) is 1. The smallest absolute Gasteiger partial charge is 0.258 e. The van der Waals surface area contributed by atoms with Crippen LogP contribution in [0.1, 0.15) is 36.3 Å². The molecule has 110 valence electrons. The Hall–Kier alpha value is -1.79. The van der Waals surface area contributed by atoms with Gasteiger partial charge in [0.1, 0.15) is 11.9 Å². The number of rotatable bonds is 2. The summed E-state index contributed by atoms with van der Waals surface area (Å²) < 4.78 is 19.4. The fourth-order valence-corrected chi connectivity index (χ4v) is 2.86. The zero-order valence-corrected chi connectivity index (χ0v) is 12.3. The molecule has 2 N–H and O–H groups in total. The van der Waals surface area contributed by atoms with Crippen LogP contribution in [0.2, 0.25) is 0 Å². The van der Waals surface area contributed by atoms with Crippen molar-refractivity contribution in [1.29, 1.82) is 0 Å². The predicted molar refractivity (Wildman–Crippen MR) is 79.4 cm³/mol. The van der Waals surface area contributed by atoms with Crippen molar-refractivity contribution in [2.24, 2.45) is 0 Å². The lowest BCUT2D eigenvalue weighted by molar-refractivity contribution is -0.00788. The third-order valence-corrected chi connectivity index (χ3v) is 3.92. The Morgan fingerprint density at radius 1 is 1.33 bits per heavy atom. The Bertz CT molecular complexity index is 766. The SMILES string of the molecule is CCC1Cc2[nH]c(=S)[nH]c(=O)c2C(c2ccc(F)cc2)O1. The van der Waals surface area contributed by atoms with Gasteiger partial charge < -0.3 is 9.72 Å². The van der Waals surface area contributed by atoms with Crippen LogP contribution in [0.5, 0.6) is 0 Å². The van der Waals surface area contributed by atoms with E-state index >= 15 is 0 Å². The number of H-pyrrole nitrogens is 2. The van der Waals surface area contributed by atoms with Crippen molar-refractivity contribution in [2.75, 3.05) is 0 Å². The van der Waals surface area contributed by atoms with Gasteiger partial charge in [0.25, 0.3) is 5.56 Å². The van der Waals surface area contributed by atoms with E-state index in [2.05, 4.69) is 9.97 Å². The van der Waals surface area contributed by atoms with Crippen molar-refractivity contribution in [2.45, 2.75) is 32.0 Å². The Kier molecular flexibility index (Phi) is 3.73. The Balaban J connectivity index is 2.15. The minimum atomic E-state index is -0.505. The van der Waals surface area contributed by atoms with Crippen LogP contribution < -0.4 is 5.56 Å². The number of aromatic amines is 2. The van der Waals surface area contributed by atoms with E-state index in [4.69, 9.17) is 17.0 Å². The van der Waals surface area contributed by atoms with Gasteiger partial charge in [0.15, 0.2) is 4.77 Å². The number of nitrogens with one attached hydrogen (secondary N) is 2. The second kappa shape index (κ2) is 5.54. The van der Waals surface area contributed by atoms with Gasteiger partial charge in [0, 0.05) is 12.1 Å². The number of fused-ring (bicyclic) bond motifs is 1. The molecule has 0 saturated heterocycles. The van der Waals surface area contributed by atoms with Crippen molar-refractivity contribution in [3.63, 3.8) is 0 Å². The molecule has 1 aromatic heterocycles. The zero-order valence-electron chi connectivity index (χ0n) is 11.5. The van der Waals surface area contributed by atoms with Crippen LogP contribution in [-0.4, -0.2) is 16.1 Å². The second-order valence-electron chi connectivity index (χ2n) is 5.10. The maximum atomic E-state index is 13.1. The molecule has 1 aromatic carbocycles. The summed E-state index contributed by atoms with van der Waals surface area (Å²) in [7, 11) is 0. The molecular formula is C15H15FN2O2S. The molecule has 2 heterocycles. The lowest BCUT2D eigenvalue weighted by atomic mass is 9.94. The summed E-state index contributed by atoms with van der Waals surface area (Å²) in [6.45, 7) is 2.03. The number of hydrogen-bond acceptors (Lipinski definition) is 3. The molecule has 2 atom stereocenters. The lowest BCUT2D eigenvalue weighted by Gasteiger charge is -2.31. The van der Waals surface area contributed by atoms with Crippen LogP contribution in [0.15, 0.2) is 29.1 Å². The molecule has 21 heavy (non-hydrogen) atoms. The third-order valence-electron chi connectivity index (χ3n) is 3.71. The van der Waals surface area contributed by atoms with Gasteiger partial charge in [-0.2, -0.15) is 0 Å². The molecule has 1 aliphatic rings. The van der Waals surface area contributed by atoms with Gasteiger partial charge >= 0.3 is 0 Å². The quantitative estimate of drug-likeness (QED) is 0.839. The number of benzene rings is 1. The largest absolute Gasteiger partial charge is 0.365 e. The van der Waals surface area contributed by atoms with Crippen molar-refractivity contribution < 1.29 is 9.13 Å². The first-order valence-electron chi connectivity index (χ1n) is 6.84. The highest BCUT2D eigenvalue weighted by Crippen LogP contribution is 2.33. The molecule has 2 aromatic rings. The topological polar surface area (TPSA) is 57.9 Å². The van der Waals surface area contributed by atoms with Gasteiger partial charge in [0.2, 0.25) is 0 Å². The maximum absolute atomic E-state index is 13.1. The van der Waals surface area contributed by atoms with Gasteiger partial charge in [-0.3, -0.25) is 9.78 Å². The molecule has 0 bridgehead atoms. The highest BCUT2D eigenvalue weighted by molar-refractivity contribution is 7.71. The molecule has 6 heteroatoms. The third kappa shape index (κ3) is 2.69. The fraction of sp³-hybridized carbons (Fsp3) is 0.333. The van der Waals surface area contributed by atoms with E-state index in [0.29, 0.717) is 16.8 Å². The van der Waals surface area contributed by atoms with Gasteiger partial charge in [-0.25, -0.2) is 4.39 Å². The maximum Gasteiger partial charge on any atom is 0.258 e. The van der Waals surface area contributed by atoms with Crippen LogP contribution in [-0.2, 0) is 11.2 Å². The molecule has 2 unspecified atom stereocenters. The van der Waals surface area contributed by atoms with Crippen LogP contribution in [0, 0.1) is 10.6 Å². The van der Waals surface area contributed by atoms with Crippen LogP contribution >= 0.6 is 12.2 Å². The van der Waals surface area contributed by atoms with Crippen molar-refractivity contribution in [3.8, 4) is 0 Å². The fourth-order valence-electron chi connectivity index (χ4n) is 2.64. The Morgan fingerprint density at radius 3 is 2.71 bits per heavy atom. The van der Waals surface area contributed by atoms with Gasteiger partial charge in [-0.15, -0.1) is 0 Å². The first kappa shape index (κ1) is 14.2. The van der Waals surface area contributed by atoms with E-state index in [1.165, 1.54) is 12.1 Å². The van der Waals surface area contributed by atoms with E-state index in [-0.39, 0.29) is 17.5 Å². The molecule has 0 saturated carbocycles. The lowest BCUT2D eigenvalue weighted by Crippen LogP contribution is -2.33. The summed E-state index contributed by atoms with van der Waals surface area (Å²) in [5.41, 5.74) is 1.83. The van der Waals surface area contributed by atoms with Crippen molar-refractivity contribution in [1.82, 2.24) is 9.97 Å². The number of halogens is 1. The molecule has 0 radical (unpaired) electrons. The molecule has 1 aliphatic heterocycles. The molecular weight excluding hydrogens is 291 g/mol. The van der Waals surface area contributed by atoms with Gasteiger partial charge in [-0.1, -0.05) is 19.1 Å². The van der Waals surface area contributed by atoms with Crippen molar-refractivity contribution >= 4 is 12.2 Å². The summed E-state index contributed by atoms with van der Waals surface area (Å²) in [4.78, 5) is 17.9. The molecule has 0 fully saturated rings. The Labute approximate surface area is 126 Å². The minimum absolute atomic E-state index is 0.00000283. The molecule has 0 amide bonds. The average Bonchev–Trinajstić information content (AvgIpc) is 2.46. The van der Waals surface area contributed by atoms with Crippen LogP contribution in [0.25, 0.3) is 0 Å². The van der Waals surface area contributed by atoms with Crippen LogP contribution in [0.3, 0.4) is 0 Å². The molecule has 4 nitrogen and oxygen atoms in total. The predicted octanol–water partition coefficient (Wildman–Crippen LogP) is 3.01. The highest BCUT2D eigenvalue weighted by atomic mass is 32.1. The summed E-state index contributed by atoms with van der Waals surface area (Å²) in [5, 5.41) is 0. The van der Waals surface area contributed by atoms with Crippen molar-refractivity contribution in [3.05, 3.63) is 62.0 Å². The standard InChI is InChI=1S/C15H15FN2O2S/c1-2-10-7-11-12(14(19)18-15(21)17-11)13(20-10)8-3-5-9(16)6-4-8/h3-6,10,13H,2,7H2,1H3,(H2,17,18,19,21). The van der Waals surface area contributed by atoms with Gasteiger partial charge in [-0.05, 0) is 36.3 Å². The number of aromatic nitrogens is 2. The van der Waals surface area contributed by atoms with Gasteiger partial charge in [0.05, 0.1) is 11.7 Å². The first-order chi connectivity index (χ1) is 10.1. The normalized spacial score (nSPS) is 21.0. The number of hydrogen-bond donors (Lipinski definition) is 2. The minimum Gasteiger partial charge on any atom is -0.365 e. The van der Waals surface area contributed by atoms with E-state index < -0.39 is 6.10 Å². The van der Waals surface area contributed by atoms with Crippen LogP contribution in [0.4, 0.5) is 4.39 Å². The highest BCUT2D eigenvalue weighted by Gasteiger charge is 2.31. The summed E-state index contributed by atoms with van der Waals surface area (Å²) >= 11 is 5.03. The zero-order chi connectivity index (χ0) is 15.0. The summed E-state index contributed by atoms with van der Waals surface area (Å²) in [6, 6.07) is 6.02. The summed E-state index contributed by atoms with van der Waals surface area (Å²) in [6.07, 6.45) is 0.941. The van der Waals surface area contributed by atoms with E-state index in [1.807, 2.05) is 6.92 Å².